The molecule has 0 radical (unpaired) electrons. The number of ether oxygens (including phenoxy) is 2. The minimum absolute atomic E-state index is 0.326. The average molecular weight is 219 g/mol. The third-order valence-electron chi connectivity index (χ3n) is 2.30. The topological polar surface area (TPSA) is 61.6 Å². The van der Waals surface area contributed by atoms with Gasteiger partial charge in [-0.25, -0.2) is 0 Å². The predicted octanol–water partition coefficient (Wildman–Crippen LogP) is 0.213. The summed E-state index contributed by atoms with van der Waals surface area (Å²) in [7, 11) is 0. The molecular formula is C9H17NO3S. The number of hydrogen-bond acceptors (Lipinski definition) is 5. The van der Waals surface area contributed by atoms with Crippen molar-refractivity contribution in [3.63, 3.8) is 0 Å². The van der Waals surface area contributed by atoms with Gasteiger partial charge in [-0.15, -0.1) is 0 Å². The Labute approximate surface area is 89.5 Å². The minimum atomic E-state index is -0.599. The lowest BCUT2D eigenvalue weighted by molar-refractivity contribution is -0.146. The highest BCUT2D eigenvalue weighted by molar-refractivity contribution is 7.80. The van der Waals surface area contributed by atoms with Crippen LogP contribution < -0.4 is 5.73 Å². The highest BCUT2D eigenvalue weighted by Gasteiger charge is 2.18. The van der Waals surface area contributed by atoms with Crippen LogP contribution in [0.25, 0.3) is 0 Å². The first-order valence-electron chi connectivity index (χ1n) is 4.85. The van der Waals surface area contributed by atoms with Crippen molar-refractivity contribution in [2.75, 3.05) is 25.6 Å². The Balaban J connectivity index is 2.15. The lowest BCUT2D eigenvalue weighted by atomic mass is 10.0. The van der Waals surface area contributed by atoms with Gasteiger partial charge in [0.25, 0.3) is 0 Å². The molecule has 1 aliphatic heterocycles. The van der Waals surface area contributed by atoms with Gasteiger partial charge in [-0.3, -0.25) is 4.79 Å². The molecule has 0 unspecified atom stereocenters. The summed E-state index contributed by atoms with van der Waals surface area (Å²) in [5, 5.41) is 0. The SMILES string of the molecule is N[C@@H](CS)C(=O)OCC1CCOCC1. The quantitative estimate of drug-likeness (QED) is 0.524. The summed E-state index contributed by atoms with van der Waals surface area (Å²) in [6, 6.07) is -0.599. The van der Waals surface area contributed by atoms with E-state index in [1.807, 2.05) is 0 Å². The van der Waals surface area contributed by atoms with Crippen molar-refractivity contribution >= 4 is 18.6 Å². The van der Waals surface area contributed by atoms with Crippen molar-refractivity contribution in [1.82, 2.24) is 0 Å². The molecule has 0 spiro atoms. The molecule has 0 aliphatic carbocycles. The molecule has 0 aromatic carbocycles. The smallest absolute Gasteiger partial charge is 0.323 e. The van der Waals surface area contributed by atoms with Gasteiger partial charge in [-0.05, 0) is 18.8 Å². The van der Waals surface area contributed by atoms with Crippen molar-refractivity contribution in [2.45, 2.75) is 18.9 Å². The fourth-order valence-corrected chi connectivity index (χ4v) is 1.44. The molecule has 0 saturated carbocycles. The second-order valence-electron chi connectivity index (χ2n) is 3.47. The van der Waals surface area contributed by atoms with Gasteiger partial charge >= 0.3 is 5.97 Å². The average Bonchev–Trinajstić information content (AvgIpc) is 2.26. The molecule has 1 saturated heterocycles. The third-order valence-corrected chi connectivity index (χ3v) is 2.70. The Hall–Kier alpha value is -0.260. The molecule has 0 amide bonds. The zero-order valence-corrected chi connectivity index (χ0v) is 9.04. The second-order valence-corrected chi connectivity index (χ2v) is 3.84. The maximum atomic E-state index is 11.2. The Morgan fingerprint density at radius 1 is 1.57 bits per heavy atom. The highest BCUT2D eigenvalue weighted by atomic mass is 32.1. The number of rotatable bonds is 4. The van der Waals surface area contributed by atoms with Crippen molar-refractivity contribution in [1.29, 1.82) is 0 Å². The zero-order valence-electron chi connectivity index (χ0n) is 8.15. The van der Waals surface area contributed by atoms with Gasteiger partial charge in [0.1, 0.15) is 6.04 Å². The zero-order chi connectivity index (χ0) is 10.4. The number of thiol groups is 1. The van der Waals surface area contributed by atoms with Gasteiger partial charge < -0.3 is 15.2 Å². The monoisotopic (exact) mass is 219 g/mol. The molecule has 0 bridgehead atoms. The van der Waals surface area contributed by atoms with E-state index in [4.69, 9.17) is 15.2 Å². The van der Waals surface area contributed by atoms with Crippen LogP contribution >= 0.6 is 12.6 Å². The standard InChI is InChI=1S/C9H17NO3S/c10-8(6-14)9(11)13-5-7-1-3-12-4-2-7/h7-8,14H,1-6,10H2/t8-/m0/s1. The molecule has 82 valence electrons. The molecule has 0 aromatic heterocycles. The van der Waals surface area contributed by atoms with E-state index in [1.165, 1.54) is 0 Å². The van der Waals surface area contributed by atoms with Crippen LogP contribution in [0.1, 0.15) is 12.8 Å². The van der Waals surface area contributed by atoms with Crippen molar-refractivity contribution in [3.05, 3.63) is 0 Å². The van der Waals surface area contributed by atoms with Gasteiger partial charge in [0.15, 0.2) is 0 Å². The molecule has 5 heteroatoms. The van der Waals surface area contributed by atoms with Crippen LogP contribution in [0.3, 0.4) is 0 Å². The van der Waals surface area contributed by atoms with E-state index < -0.39 is 6.04 Å². The number of nitrogens with two attached hydrogens (primary N) is 1. The molecule has 1 aliphatic rings. The second kappa shape index (κ2) is 6.27. The first-order valence-corrected chi connectivity index (χ1v) is 5.48. The minimum Gasteiger partial charge on any atom is -0.464 e. The molecule has 1 rings (SSSR count). The summed E-state index contributed by atoms with van der Waals surface area (Å²) < 4.78 is 10.3. The summed E-state index contributed by atoms with van der Waals surface area (Å²) in [4.78, 5) is 11.2. The first kappa shape index (κ1) is 11.8. The maximum Gasteiger partial charge on any atom is 0.323 e. The fraction of sp³-hybridized carbons (Fsp3) is 0.889. The molecule has 14 heavy (non-hydrogen) atoms. The lowest BCUT2D eigenvalue weighted by Crippen LogP contribution is -2.35. The van der Waals surface area contributed by atoms with Gasteiger partial charge in [0.2, 0.25) is 0 Å². The largest absolute Gasteiger partial charge is 0.464 e. The van der Waals surface area contributed by atoms with Gasteiger partial charge in [0, 0.05) is 19.0 Å². The maximum absolute atomic E-state index is 11.2. The van der Waals surface area contributed by atoms with Crippen molar-refractivity contribution in [3.8, 4) is 0 Å². The summed E-state index contributed by atoms with van der Waals surface area (Å²) >= 11 is 3.93. The molecule has 2 N–H and O–H groups in total. The normalized spacial score (nSPS) is 20.4. The molecular weight excluding hydrogens is 202 g/mol. The molecule has 1 fully saturated rings. The number of carbonyl (C=O) groups excluding carboxylic acids is 1. The summed E-state index contributed by atoms with van der Waals surface area (Å²) in [6.45, 7) is 1.99. The van der Waals surface area contributed by atoms with Crippen molar-refractivity contribution < 1.29 is 14.3 Å². The van der Waals surface area contributed by atoms with Crippen LogP contribution in [0.2, 0.25) is 0 Å². The Morgan fingerprint density at radius 2 is 2.21 bits per heavy atom. The van der Waals surface area contributed by atoms with Crippen molar-refractivity contribution in [2.24, 2.45) is 11.7 Å². The Morgan fingerprint density at radius 3 is 2.79 bits per heavy atom. The van der Waals surface area contributed by atoms with E-state index in [2.05, 4.69) is 12.6 Å². The Bertz CT molecular complexity index is 183. The van der Waals surface area contributed by atoms with Gasteiger partial charge in [0.05, 0.1) is 6.61 Å². The molecule has 1 heterocycles. The van der Waals surface area contributed by atoms with E-state index in [0.29, 0.717) is 18.3 Å². The van der Waals surface area contributed by atoms with E-state index >= 15 is 0 Å². The predicted molar refractivity (Wildman–Crippen MR) is 56.3 cm³/mol. The highest BCUT2D eigenvalue weighted by Crippen LogP contribution is 2.14. The summed E-state index contributed by atoms with van der Waals surface area (Å²) in [5.74, 6) is 0.401. The van der Waals surface area contributed by atoms with Crippen LogP contribution in [0, 0.1) is 5.92 Å². The van der Waals surface area contributed by atoms with Gasteiger partial charge in [-0.2, -0.15) is 12.6 Å². The van der Waals surface area contributed by atoms with Crippen LogP contribution in [-0.2, 0) is 14.3 Å². The van der Waals surface area contributed by atoms with Crippen LogP contribution in [-0.4, -0.2) is 37.6 Å². The van der Waals surface area contributed by atoms with E-state index in [-0.39, 0.29) is 5.97 Å². The number of esters is 1. The Kier molecular flexibility index (Phi) is 5.29. The van der Waals surface area contributed by atoms with E-state index in [0.717, 1.165) is 26.1 Å². The van der Waals surface area contributed by atoms with Gasteiger partial charge in [-0.1, -0.05) is 0 Å². The molecule has 4 nitrogen and oxygen atoms in total. The number of carbonyl (C=O) groups is 1. The summed E-state index contributed by atoms with van der Waals surface area (Å²) in [5.41, 5.74) is 5.46. The number of hydrogen-bond donors (Lipinski definition) is 2. The molecule has 1 atom stereocenters. The van der Waals surface area contributed by atoms with Crippen LogP contribution in [0.5, 0.6) is 0 Å². The fourth-order valence-electron chi connectivity index (χ4n) is 1.29. The van der Waals surface area contributed by atoms with Crippen LogP contribution in [0.15, 0.2) is 0 Å². The lowest BCUT2D eigenvalue weighted by Gasteiger charge is -2.22. The third kappa shape index (κ3) is 3.86. The first-order chi connectivity index (χ1) is 6.74. The van der Waals surface area contributed by atoms with E-state index in [1.54, 1.807) is 0 Å². The summed E-state index contributed by atoms with van der Waals surface area (Å²) in [6.07, 6.45) is 1.92. The van der Waals surface area contributed by atoms with E-state index in [9.17, 15) is 4.79 Å². The van der Waals surface area contributed by atoms with Crippen LogP contribution in [0.4, 0.5) is 0 Å². The molecule has 0 aromatic rings.